The maximum absolute atomic E-state index is 11.7. The number of ether oxygens (including phenoxy) is 2. The second-order valence-electron chi connectivity index (χ2n) is 4.56. The number of benzene rings is 1. The van der Waals surface area contributed by atoms with E-state index < -0.39 is 11.6 Å². The smallest absolute Gasteiger partial charge is 0.256 e. The van der Waals surface area contributed by atoms with Crippen molar-refractivity contribution < 1.29 is 14.3 Å². The lowest BCUT2D eigenvalue weighted by Crippen LogP contribution is -2.48. The highest BCUT2D eigenvalue weighted by atomic mass is 35.5. The third kappa shape index (κ3) is 1.77. The first-order valence-electron chi connectivity index (χ1n) is 5.85. The van der Waals surface area contributed by atoms with Gasteiger partial charge in [-0.15, -0.1) is 0 Å². The van der Waals surface area contributed by atoms with Crippen molar-refractivity contribution in [3.8, 4) is 5.75 Å². The van der Waals surface area contributed by atoms with E-state index in [4.69, 9.17) is 32.5 Å². The van der Waals surface area contributed by atoms with Crippen LogP contribution >= 0.6 is 11.6 Å². The molecule has 6 nitrogen and oxygen atoms in total. The molecule has 104 valence electrons. The summed E-state index contributed by atoms with van der Waals surface area (Å²) in [5.74, 6) is 0.243. The quantitative estimate of drug-likeness (QED) is 0.727. The van der Waals surface area contributed by atoms with Gasteiger partial charge in [-0.1, -0.05) is 11.6 Å². The fourth-order valence-electron chi connectivity index (χ4n) is 2.37. The summed E-state index contributed by atoms with van der Waals surface area (Å²) < 4.78 is 11.1. The Morgan fingerprint density at radius 1 is 1.45 bits per heavy atom. The van der Waals surface area contributed by atoms with Gasteiger partial charge in [0.2, 0.25) is 11.6 Å². The molecule has 7 heteroatoms. The molecule has 20 heavy (non-hydrogen) atoms. The number of primary amides is 1. The first-order chi connectivity index (χ1) is 9.41. The number of nitrogens with two attached hydrogens (primary N) is 2. The summed E-state index contributed by atoms with van der Waals surface area (Å²) in [5, 5.41) is 3.62. The van der Waals surface area contributed by atoms with E-state index in [1.807, 2.05) is 0 Å². The average Bonchev–Trinajstić information content (AvgIpc) is 2.63. The van der Waals surface area contributed by atoms with Crippen LogP contribution in [-0.2, 0) is 9.53 Å². The monoisotopic (exact) mass is 293 g/mol. The number of carbonyl (C=O) groups excluding carboxylic acids is 1. The summed E-state index contributed by atoms with van der Waals surface area (Å²) in [4.78, 5) is 11.7. The molecule has 2 aliphatic rings. The van der Waals surface area contributed by atoms with E-state index in [-0.39, 0.29) is 11.5 Å². The van der Waals surface area contributed by atoms with Crippen LogP contribution in [0.1, 0.15) is 6.92 Å². The average molecular weight is 294 g/mol. The molecule has 0 unspecified atom stereocenters. The number of anilines is 1. The molecule has 2 aliphatic heterocycles. The molecule has 0 fully saturated rings. The van der Waals surface area contributed by atoms with Crippen molar-refractivity contribution in [2.24, 2.45) is 11.5 Å². The largest absolute Gasteiger partial charge is 0.457 e. The van der Waals surface area contributed by atoms with Crippen molar-refractivity contribution in [2.45, 2.75) is 12.6 Å². The van der Waals surface area contributed by atoms with E-state index in [9.17, 15) is 4.79 Å². The van der Waals surface area contributed by atoms with Gasteiger partial charge in [-0.05, 0) is 25.1 Å². The van der Waals surface area contributed by atoms with E-state index in [0.29, 0.717) is 22.2 Å². The minimum atomic E-state index is -1.26. The summed E-state index contributed by atoms with van der Waals surface area (Å²) in [7, 11) is 0. The number of hydrogen-bond acceptors (Lipinski definition) is 5. The van der Waals surface area contributed by atoms with Gasteiger partial charge in [-0.2, -0.15) is 0 Å². The van der Waals surface area contributed by atoms with Crippen LogP contribution in [0.15, 0.2) is 41.5 Å². The molecule has 1 atom stereocenters. The predicted molar refractivity (Wildman–Crippen MR) is 73.7 cm³/mol. The van der Waals surface area contributed by atoms with Crippen LogP contribution in [0.3, 0.4) is 0 Å². The molecule has 1 aromatic carbocycles. The molecule has 0 bridgehead atoms. The molecular formula is C13H12ClN3O3. The minimum absolute atomic E-state index is 0.0235. The highest BCUT2D eigenvalue weighted by Gasteiger charge is 2.48. The van der Waals surface area contributed by atoms with Crippen molar-refractivity contribution in [1.82, 2.24) is 0 Å². The maximum Gasteiger partial charge on any atom is 0.256 e. The summed E-state index contributed by atoms with van der Waals surface area (Å²) >= 11 is 5.94. The second kappa shape index (κ2) is 4.08. The molecule has 1 amide bonds. The lowest BCUT2D eigenvalue weighted by atomic mass is 10.00. The highest BCUT2D eigenvalue weighted by molar-refractivity contribution is 6.31. The second-order valence-corrected chi connectivity index (χ2v) is 5.00. The van der Waals surface area contributed by atoms with Gasteiger partial charge in [0.15, 0.2) is 0 Å². The van der Waals surface area contributed by atoms with Crippen molar-refractivity contribution in [2.75, 3.05) is 5.32 Å². The molecule has 0 saturated carbocycles. The Bertz CT molecular complexity index is 683. The Morgan fingerprint density at radius 3 is 2.90 bits per heavy atom. The van der Waals surface area contributed by atoms with Gasteiger partial charge >= 0.3 is 0 Å². The van der Waals surface area contributed by atoms with Crippen LogP contribution in [0.2, 0.25) is 5.02 Å². The van der Waals surface area contributed by atoms with Crippen molar-refractivity contribution in [3.05, 3.63) is 46.5 Å². The van der Waals surface area contributed by atoms with E-state index in [1.165, 1.54) is 0 Å². The van der Waals surface area contributed by atoms with Gasteiger partial charge in [-0.25, -0.2) is 0 Å². The Balaban J connectivity index is 2.13. The van der Waals surface area contributed by atoms with Gasteiger partial charge in [0.1, 0.15) is 17.1 Å². The fourth-order valence-corrected chi connectivity index (χ4v) is 2.54. The van der Waals surface area contributed by atoms with Crippen LogP contribution in [0.4, 0.5) is 5.69 Å². The molecule has 3 rings (SSSR count). The predicted octanol–water partition coefficient (Wildman–Crippen LogP) is 1.43. The number of rotatable bonds is 1. The van der Waals surface area contributed by atoms with Crippen molar-refractivity contribution in [3.63, 3.8) is 0 Å². The normalized spacial score (nSPS) is 23.6. The lowest BCUT2D eigenvalue weighted by Gasteiger charge is -2.31. The summed E-state index contributed by atoms with van der Waals surface area (Å²) in [6.07, 6.45) is 1.61. The number of fused-ring (bicyclic) bond motifs is 1. The molecule has 0 radical (unpaired) electrons. The van der Waals surface area contributed by atoms with E-state index in [2.05, 4.69) is 5.32 Å². The zero-order chi connectivity index (χ0) is 14.5. The van der Waals surface area contributed by atoms with Crippen LogP contribution in [0.5, 0.6) is 5.75 Å². The molecular weight excluding hydrogens is 282 g/mol. The Hall–Kier alpha value is -2.34. The van der Waals surface area contributed by atoms with Crippen molar-refractivity contribution in [1.29, 1.82) is 0 Å². The Kier molecular flexibility index (Phi) is 2.58. The zero-order valence-corrected chi connectivity index (χ0v) is 11.3. The van der Waals surface area contributed by atoms with Gasteiger partial charge in [0, 0.05) is 11.1 Å². The lowest BCUT2D eigenvalue weighted by molar-refractivity contribution is -0.116. The SMILES string of the molecule is CC1=C[C@]2(Nc3cc(Cl)ccc3O2)C(C(N)=O)=C(N)O1. The van der Waals surface area contributed by atoms with Crippen LogP contribution < -0.4 is 21.5 Å². The summed E-state index contributed by atoms with van der Waals surface area (Å²) in [6.45, 7) is 1.70. The highest BCUT2D eigenvalue weighted by Crippen LogP contribution is 2.44. The third-order valence-electron chi connectivity index (χ3n) is 3.07. The van der Waals surface area contributed by atoms with Gasteiger partial charge in [0.25, 0.3) is 5.91 Å². The molecule has 1 spiro atoms. The molecule has 5 N–H and O–H groups in total. The molecule has 2 heterocycles. The molecule has 0 saturated heterocycles. The number of hydrogen-bond donors (Lipinski definition) is 3. The van der Waals surface area contributed by atoms with Crippen molar-refractivity contribution >= 4 is 23.2 Å². The molecule has 0 aliphatic carbocycles. The number of nitrogens with one attached hydrogen (secondary N) is 1. The summed E-state index contributed by atoms with van der Waals surface area (Å²) in [5.41, 5.74) is 10.6. The first-order valence-corrected chi connectivity index (χ1v) is 6.23. The first kappa shape index (κ1) is 12.7. The van der Waals surface area contributed by atoms with Gasteiger partial charge in [0.05, 0.1) is 5.69 Å². The number of carbonyl (C=O) groups is 1. The Labute approximate surface area is 120 Å². The third-order valence-corrected chi connectivity index (χ3v) is 3.31. The topological polar surface area (TPSA) is 99.6 Å². The van der Waals surface area contributed by atoms with Gasteiger partial charge < -0.3 is 26.3 Å². The summed E-state index contributed by atoms with van der Waals surface area (Å²) in [6, 6.07) is 5.08. The van der Waals surface area contributed by atoms with E-state index >= 15 is 0 Å². The zero-order valence-electron chi connectivity index (χ0n) is 10.6. The molecule has 0 aromatic heterocycles. The fraction of sp³-hybridized carbons (Fsp3) is 0.154. The number of amides is 1. The number of allylic oxidation sites excluding steroid dienone is 1. The maximum atomic E-state index is 11.7. The van der Waals surface area contributed by atoms with E-state index in [0.717, 1.165) is 0 Å². The number of halogens is 1. The van der Waals surface area contributed by atoms with Crippen LogP contribution in [0.25, 0.3) is 0 Å². The standard InChI is InChI=1S/C13H12ClN3O3/c1-6-5-13(10(11(15)18)12(16)19-6)17-8-4-7(14)2-3-9(8)20-13/h2-5,17H,16H2,1H3,(H2,15,18)/t13-/m1/s1. The van der Waals surface area contributed by atoms with Crippen LogP contribution in [0, 0.1) is 0 Å². The van der Waals surface area contributed by atoms with E-state index in [1.54, 1.807) is 31.2 Å². The molecule has 1 aromatic rings. The minimum Gasteiger partial charge on any atom is -0.457 e. The van der Waals surface area contributed by atoms with Crippen LogP contribution in [-0.4, -0.2) is 11.6 Å². The Morgan fingerprint density at radius 2 is 2.20 bits per heavy atom. The van der Waals surface area contributed by atoms with Gasteiger partial charge in [-0.3, -0.25) is 4.79 Å².